The topological polar surface area (TPSA) is 79.0 Å². The summed E-state index contributed by atoms with van der Waals surface area (Å²) in [6, 6.07) is 12.9. The number of benzene rings is 2. The van der Waals surface area contributed by atoms with Crippen LogP contribution in [0, 0.1) is 5.82 Å². The summed E-state index contributed by atoms with van der Waals surface area (Å²) in [4.78, 5) is 14.8. The highest BCUT2D eigenvalue weighted by atomic mass is 32.2. The lowest BCUT2D eigenvalue weighted by Crippen LogP contribution is -2.44. The van der Waals surface area contributed by atoms with Gasteiger partial charge >= 0.3 is 0 Å². The number of carbonyl (C=O) groups is 1. The number of halogens is 1. The Labute approximate surface area is 195 Å². The van der Waals surface area contributed by atoms with Crippen molar-refractivity contribution in [2.24, 2.45) is 0 Å². The molecule has 0 spiro atoms. The van der Waals surface area contributed by atoms with Crippen LogP contribution in [0.1, 0.15) is 31.2 Å². The van der Waals surface area contributed by atoms with Crippen molar-refractivity contribution in [2.75, 3.05) is 33.8 Å². The predicted molar refractivity (Wildman–Crippen MR) is 125 cm³/mol. The molecule has 2 aromatic carbocycles. The lowest BCUT2D eigenvalue weighted by molar-refractivity contribution is -0.122. The summed E-state index contributed by atoms with van der Waals surface area (Å²) >= 11 is 0. The maximum atomic E-state index is 13.0. The molecule has 2 aromatic rings. The Bertz CT molecular complexity index is 1020. The smallest absolute Gasteiger partial charge is 0.242 e. The van der Waals surface area contributed by atoms with E-state index in [2.05, 4.69) is 16.3 Å². The number of nitrogens with one attached hydrogen (secondary N) is 1. The van der Waals surface area contributed by atoms with Crippen molar-refractivity contribution in [3.8, 4) is 5.75 Å². The Morgan fingerprint density at radius 1 is 1.18 bits per heavy atom. The third-order valence-corrected chi connectivity index (χ3v) is 7.76. The van der Waals surface area contributed by atoms with Crippen LogP contribution in [-0.4, -0.2) is 63.4 Å². The minimum absolute atomic E-state index is 0.0385. The molecular weight excluding hydrogens is 445 g/mol. The number of rotatable bonds is 10. The van der Waals surface area contributed by atoms with Crippen molar-refractivity contribution in [1.29, 1.82) is 0 Å². The summed E-state index contributed by atoms with van der Waals surface area (Å²) in [5.41, 5.74) is 1.21. The molecular formula is C24H32FN3O4S. The summed E-state index contributed by atoms with van der Waals surface area (Å²) in [5, 5.41) is 3.08. The van der Waals surface area contributed by atoms with Gasteiger partial charge in [-0.05, 0) is 61.2 Å². The van der Waals surface area contributed by atoms with Crippen molar-refractivity contribution in [2.45, 2.75) is 43.2 Å². The molecule has 0 bridgehead atoms. The van der Waals surface area contributed by atoms with Gasteiger partial charge in [0.05, 0.1) is 12.0 Å². The van der Waals surface area contributed by atoms with E-state index in [0.717, 1.165) is 50.4 Å². The van der Waals surface area contributed by atoms with E-state index in [0.29, 0.717) is 6.42 Å². The Morgan fingerprint density at radius 2 is 1.88 bits per heavy atom. The molecule has 180 valence electrons. The van der Waals surface area contributed by atoms with Gasteiger partial charge in [-0.3, -0.25) is 9.69 Å². The standard InChI is InChI=1S/C24H32FN3O4S/c1-27(33(30,31)23-10-8-20(25)9-11-23)14-4-7-24(29)26-21-12-15-28(16-13-21)18-19-5-3-6-22(17-19)32-2/h3,5-6,8-11,17,21H,4,7,12-16,18H2,1-2H3,(H,26,29). The number of likely N-dealkylation sites (tertiary alicyclic amines) is 1. The van der Waals surface area contributed by atoms with Gasteiger partial charge in [0.1, 0.15) is 11.6 Å². The Hall–Kier alpha value is -2.49. The van der Waals surface area contributed by atoms with Crippen LogP contribution < -0.4 is 10.1 Å². The summed E-state index contributed by atoms with van der Waals surface area (Å²) < 4.78 is 44.6. The average Bonchev–Trinajstić information content (AvgIpc) is 2.80. The predicted octanol–water partition coefficient (Wildman–Crippen LogP) is 3.02. The van der Waals surface area contributed by atoms with Gasteiger partial charge in [0.2, 0.25) is 15.9 Å². The minimum Gasteiger partial charge on any atom is -0.497 e. The number of sulfonamides is 1. The fraction of sp³-hybridized carbons (Fsp3) is 0.458. The number of hydrogen-bond donors (Lipinski definition) is 1. The van der Waals surface area contributed by atoms with E-state index < -0.39 is 15.8 Å². The van der Waals surface area contributed by atoms with Crippen LogP contribution in [0.25, 0.3) is 0 Å². The van der Waals surface area contributed by atoms with Crippen LogP contribution in [0.4, 0.5) is 4.39 Å². The fourth-order valence-corrected chi connectivity index (χ4v) is 5.14. The average molecular weight is 478 g/mol. The van der Waals surface area contributed by atoms with E-state index in [1.807, 2.05) is 18.2 Å². The molecule has 0 unspecified atom stereocenters. The van der Waals surface area contributed by atoms with E-state index in [1.54, 1.807) is 7.11 Å². The molecule has 3 rings (SSSR count). The van der Waals surface area contributed by atoms with Crippen LogP contribution in [0.3, 0.4) is 0 Å². The summed E-state index contributed by atoms with van der Waals surface area (Å²) in [7, 11) is -0.566. The summed E-state index contributed by atoms with van der Waals surface area (Å²) in [5.74, 6) is 0.305. The van der Waals surface area contributed by atoms with Gasteiger partial charge in [-0.25, -0.2) is 17.1 Å². The van der Waals surface area contributed by atoms with Crippen LogP contribution in [0.5, 0.6) is 5.75 Å². The van der Waals surface area contributed by atoms with Crippen LogP contribution in [-0.2, 0) is 21.4 Å². The largest absolute Gasteiger partial charge is 0.497 e. The van der Waals surface area contributed by atoms with E-state index in [9.17, 15) is 17.6 Å². The van der Waals surface area contributed by atoms with Crippen LogP contribution >= 0.6 is 0 Å². The van der Waals surface area contributed by atoms with E-state index in [4.69, 9.17) is 4.74 Å². The maximum Gasteiger partial charge on any atom is 0.242 e. The van der Waals surface area contributed by atoms with E-state index in [-0.39, 0.29) is 29.8 Å². The molecule has 0 radical (unpaired) electrons. The number of hydrogen-bond acceptors (Lipinski definition) is 5. The molecule has 0 aliphatic carbocycles. The van der Waals surface area contributed by atoms with Gasteiger partial charge in [-0.1, -0.05) is 12.1 Å². The highest BCUT2D eigenvalue weighted by Gasteiger charge is 2.22. The van der Waals surface area contributed by atoms with Gasteiger partial charge in [-0.15, -0.1) is 0 Å². The molecule has 1 saturated heterocycles. The number of carbonyl (C=O) groups excluding carboxylic acids is 1. The van der Waals surface area contributed by atoms with Gasteiger partial charge in [0.15, 0.2) is 0 Å². The number of ether oxygens (including phenoxy) is 1. The van der Waals surface area contributed by atoms with Crippen LogP contribution in [0.15, 0.2) is 53.4 Å². The first-order valence-electron chi connectivity index (χ1n) is 11.1. The Balaban J connectivity index is 1.37. The van der Waals surface area contributed by atoms with Gasteiger partial charge < -0.3 is 10.1 Å². The van der Waals surface area contributed by atoms with Crippen molar-refractivity contribution >= 4 is 15.9 Å². The monoisotopic (exact) mass is 477 g/mol. The molecule has 1 amide bonds. The normalized spacial score (nSPS) is 15.5. The molecule has 1 fully saturated rings. The first-order valence-corrected chi connectivity index (χ1v) is 12.6. The van der Waals surface area contributed by atoms with E-state index >= 15 is 0 Å². The van der Waals surface area contributed by atoms with Crippen LogP contribution in [0.2, 0.25) is 0 Å². The van der Waals surface area contributed by atoms with Gasteiger partial charge in [0, 0.05) is 45.7 Å². The van der Waals surface area contributed by atoms with Crippen molar-refractivity contribution < 1.29 is 22.3 Å². The van der Waals surface area contributed by atoms with Crippen molar-refractivity contribution in [3.05, 3.63) is 59.9 Å². The second-order valence-corrected chi connectivity index (χ2v) is 10.4. The number of piperidine rings is 1. The third-order valence-electron chi connectivity index (χ3n) is 5.89. The molecule has 1 aliphatic rings. The SMILES string of the molecule is COc1cccc(CN2CCC(NC(=O)CCCN(C)S(=O)(=O)c3ccc(F)cc3)CC2)c1. The highest BCUT2D eigenvalue weighted by molar-refractivity contribution is 7.89. The lowest BCUT2D eigenvalue weighted by atomic mass is 10.0. The quantitative estimate of drug-likeness (QED) is 0.569. The maximum absolute atomic E-state index is 13.0. The van der Waals surface area contributed by atoms with Gasteiger partial charge in [-0.2, -0.15) is 0 Å². The van der Waals surface area contributed by atoms with Gasteiger partial charge in [0.25, 0.3) is 0 Å². The number of nitrogens with zero attached hydrogens (tertiary/aromatic N) is 2. The molecule has 0 aromatic heterocycles. The first-order chi connectivity index (χ1) is 15.8. The number of amides is 1. The minimum atomic E-state index is -3.70. The zero-order valence-corrected chi connectivity index (χ0v) is 20.0. The molecule has 0 saturated carbocycles. The highest BCUT2D eigenvalue weighted by Crippen LogP contribution is 2.18. The molecule has 1 N–H and O–H groups in total. The Morgan fingerprint density at radius 3 is 2.55 bits per heavy atom. The second-order valence-electron chi connectivity index (χ2n) is 8.35. The molecule has 0 atom stereocenters. The zero-order chi connectivity index (χ0) is 23.8. The fourth-order valence-electron chi connectivity index (χ4n) is 3.93. The zero-order valence-electron chi connectivity index (χ0n) is 19.2. The number of methoxy groups -OCH3 is 1. The second kappa shape index (κ2) is 11.6. The molecule has 33 heavy (non-hydrogen) atoms. The van der Waals surface area contributed by atoms with Crippen molar-refractivity contribution in [1.82, 2.24) is 14.5 Å². The lowest BCUT2D eigenvalue weighted by Gasteiger charge is -2.32. The third kappa shape index (κ3) is 7.25. The summed E-state index contributed by atoms with van der Waals surface area (Å²) in [6.07, 6.45) is 2.44. The summed E-state index contributed by atoms with van der Waals surface area (Å²) in [6.45, 7) is 2.88. The molecule has 1 heterocycles. The molecule has 9 heteroatoms. The molecule has 1 aliphatic heterocycles. The first kappa shape index (κ1) is 25.1. The Kier molecular flexibility index (Phi) is 8.82. The van der Waals surface area contributed by atoms with Crippen molar-refractivity contribution in [3.63, 3.8) is 0 Å². The molecule has 7 nitrogen and oxygen atoms in total. The van der Waals surface area contributed by atoms with E-state index in [1.165, 1.54) is 29.0 Å².